The van der Waals surface area contributed by atoms with Crippen LogP contribution in [-0.2, 0) is 19.4 Å². The van der Waals surface area contributed by atoms with Gasteiger partial charge >= 0.3 is 0 Å². The molecule has 0 radical (unpaired) electrons. The van der Waals surface area contributed by atoms with Crippen LogP contribution in [0.3, 0.4) is 0 Å². The minimum atomic E-state index is 0.747. The molecule has 1 heterocycles. The zero-order valence-corrected chi connectivity index (χ0v) is 13.4. The first kappa shape index (κ1) is 14.9. The largest absolute Gasteiger partial charge is 0.309 e. The fourth-order valence-corrected chi connectivity index (χ4v) is 3.74. The molecule has 1 aliphatic carbocycles. The second-order valence-electron chi connectivity index (χ2n) is 5.75. The highest BCUT2D eigenvalue weighted by Crippen LogP contribution is 2.22. The van der Waals surface area contributed by atoms with Gasteiger partial charge in [-0.15, -0.1) is 11.3 Å². The molecular formula is C15H27N3S. The third-order valence-electron chi connectivity index (χ3n) is 3.84. The molecule has 0 aromatic carbocycles. The number of aromatic nitrogens is 1. The lowest BCUT2D eigenvalue weighted by Gasteiger charge is -2.10. The third-order valence-corrected chi connectivity index (χ3v) is 4.99. The van der Waals surface area contributed by atoms with Gasteiger partial charge < -0.3 is 10.2 Å². The summed E-state index contributed by atoms with van der Waals surface area (Å²) in [5, 5.41) is 5.01. The predicted molar refractivity (Wildman–Crippen MR) is 82.8 cm³/mol. The van der Waals surface area contributed by atoms with Gasteiger partial charge in [0, 0.05) is 30.4 Å². The van der Waals surface area contributed by atoms with Crippen LogP contribution in [0.2, 0.25) is 0 Å². The molecule has 2 rings (SSSR count). The van der Waals surface area contributed by atoms with Gasteiger partial charge in [0.2, 0.25) is 0 Å². The number of nitrogens with one attached hydrogen (secondary N) is 1. The molecule has 19 heavy (non-hydrogen) atoms. The molecule has 3 nitrogen and oxygen atoms in total. The number of hydrogen-bond acceptors (Lipinski definition) is 4. The van der Waals surface area contributed by atoms with E-state index in [9.17, 15) is 0 Å². The summed E-state index contributed by atoms with van der Waals surface area (Å²) in [6, 6.07) is 0.747. The van der Waals surface area contributed by atoms with Gasteiger partial charge in [-0.05, 0) is 33.4 Å². The Hall–Kier alpha value is -0.450. The highest BCUT2D eigenvalue weighted by atomic mass is 32.1. The van der Waals surface area contributed by atoms with Gasteiger partial charge in [0.15, 0.2) is 0 Å². The van der Waals surface area contributed by atoms with Gasteiger partial charge in [-0.3, -0.25) is 0 Å². The van der Waals surface area contributed by atoms with Crippen LogP contribution in [0, 0.1) is 0 Å². The predicted octanol–water partition coefficient (Wildman–Crippen LogP) is 2.84. The van der Waals surface area contributed by atoms with Crippen molar-refractivity contribution in [2.75, 3.05) is 20.6 Å². The van der Waals surface area contributed by atoms with Gasteiger partial charge in [-0.2, -0.15) is 0 Å². The molecule has 0 unspecified atom stereocenters. The average molecular weight is 281 g/mol. The molecule has 0 saturated heterocycles. The Morgan fingerprint density at radius 3 is 2.68 bits per heavy atom. The van der Waals surface area contributed by atoms with Gasteiger partial charge in [0.1, 0.15) is 0 Å². The number of hydrogen-bond donors (Lipinski definition) is 1. The fourth-order valence-electron chi connectivity index (χ4n) is 2.64. The summed E-state index contributed by atoms with van der Waals surface area (Å²) < 4.78 is 0. The Bertz CT molecular complexity index is 381. The first-order chi connectivity index (χ1) is 9.19. The molecular weight excluding hydrogens is 254 g/mol. The van der Waals surface area contributed by atoms with E-state index in [4.69, 9.17) is 4.98 Å². The number of rotatable bonds is 7. The number of likely N-dealkylation sites (N-methyl/N-ethyl adjacent to an activating group) is 1. The summed E-state index contributed by atoms with van der Waals surface area (Å²) in [7, 11) is 4.24. The van der Waals surface area contributed by atoms with Crippen molar-refractivity contribution in [3.05, 3.63) is 15.6 Å². The van der Waals surface area contributed by atoms with Crippen LogP contribution in [0.25, 0.3) is 0 Å². The van der Waals surface area contributed by atoms with E-state index in [2.05, 4.69) is 31.2 Å². The molecule has 0 atom stereocenters. The first-order valence-electron chi connectivity index (χ1n) is 7.54. The quantitative estimate of drug-likeness (QED) is 0.833. The lowest BCUT2D eigenvalue weighted by Crippen LogP contribution is -2.25. The summed E-state index contributed by atoms with van der Waals surface area (Å²) in [5.41, 5.74) is 1.31. The molecule has 4 heteroatoms. The van der Waals surface area contributed by atoms with Crippen molar-refractivity contribution in [1.82, 2.24) is 15.2 Å². The minimum Gasteiger partial charge on any atom is -0.309 e. The Morgan fingerprint density at radius 1 is 1.32 bits per heavy atom. The van der Waals surface area contributed by atoms with E-state index in [1.165, 1.54) is 41.3 Å². The van der Waals surface area contributed by atoms with Gasteiger partial charge in [-0.25, -0.2) is 4.98 Å². The van der Waals surface area contributed by atoms with Crippen molar-refractivity contribution in [2.24, 2.45) is 0 Å². The van der Waals surface area contributed by atoms with Gasteiger partial charge in [0.25, 0.3) is 0 Å². The van der Waals surface area contributed by atoms with E-state index in [0.29, 0.717) is 0 Å². The molecule has 0 aliphatic heterocycles. The zero-order valence-electron chi connectivity index (χ0n) is 12.5. The second kappa shape index (κ2) is 7.36. The molecule has 1 saturated carbocycles. The summed E-state index contributed by atoms with van der Waals surface area (Å²) >= 11 is 1.91. The lowest BCUT2D eigenvalue weighted by atomic mass is 10.2. The van der Waals surface area contributed by atoms with Gasteiger partial charge in [0.05, 0.1) is 10.7 Å². The highest BCUT2D eigenvalue weighted by Gasteiger charge is 2.16. The van der Waals surface area contributed by atoms with Crippen LogP contribution in [0.15, 0.2) is 0 Å². The maximum Gasteiger partial charge on any atom is 0.0944 e. The third kappa shape index (κ3) is 4.55. The second-order valence-corrected chi connectivity index (χ2v) is 6.91. The van der Waals surface area contributed by atoms with Crippen molar-refractivity contribution in [3.63, 3.8) is 0 Å². The number of thiazole rings is 1. The van der Waals surface area contributed by atoms with Crippen molar-refractivity contribution in [3.8, 4) is 0 Å². The molecule has 1 aliphatic rings. The monoisotopic (exact) mass is 281 g/mol. The van der Waals surface area contributed by atoms with Crippen LogP contribution in [-0.4, -0.2) is 36.6 Å². The summed E-state index contributed by atoms with van der Waals surface area (Å²) in [6.07, 6.45) is 7.64. The lowest BCUT2D eigenvalue weighted by molar-refractivity contribution is 0.413. The van der Waals surface area contributed by atoms with Crippen LogP contribution in [0.4, 0.5) is 0 Å². The summed E-state index contributed by atoms with van der Waals surface area (Å²) in [5.74, 6) is 0. The zero-order chi connectivity index (χ0) is 13.7. The maximum atomic E-state index is 4.80. The summed E-state index contributed by atoms with van der Waals surface area (Å²) in [6.45, 7) is 4.32. The van der Waals surface area contributed by atoms with Gasteiger partial charge in [-0.1, -0.05) is 19.8 Å². The molecule has 0 amide bonds. The average Bonchev–Trinajstić information content (AvgIpc) is 3.03. The Labute approximate surface area is 121 Å². The van der Waals surface area contributed by atoms with E-state index in [0.717, 1.165) is 32.0 Å². The molecule has 0 spiro atoms. The van der Waals surface area contributed by atoms with E-state index in [1.807, 2.05) is 11.3 Å². The van der Waals surface area contributed by atoms with Crippen LogP contribution in [0.5, 0.6) is 0 Å². The van der Waals surface area contributed by atoms with Crippen molar-refractivity contribution < 1.29 is 0 Å². The number of nitrogens with zero attached hydrogens (tertiary/aromatic N) is 2. The van der Waals surface area contributed by atoms with E-state index < -0.39 is 0 Å². The molecule has 1 aromatic rings. The topological polar surface area (TPSA) is 28.2 Å². The van der Waals surface area contributed by atoms with Crippen LogP contribution < -0.4 is 5.32 Å². The minimum absolute atomic E-state index is 0.747. The molecule has 1 aromatic heterocycles. The first-order valence-corrected chi connectivity index (χ1v) is 8.36. The molecule has 108 valence electrons. The van der Waals surface area contributed by atoms with Crippen molar-refractivity contribution >= 4 is 11.3 Å². The van der Waals surface area contributed by atoms with E-state index >= 15 is 0 Å². The SMILES string of the molecule is CCc1nc(CCN(C)C)sc1CNC1CCCC1. The van der Waals surface area contributed by atoms with Crippen molar-refractivity contribution in [2.45, 2.75) is 58.0 Å². The van der Waals surface area contributed by atoms with Crippen LogP contribution >= 0.6 is 11.3 Å². The Kier molecular flexibility index (Phi) is 5.79. The summed E-state index contributed by atoms with van der Waals surface area (Å²) in [4.78, 5) is 8.48. The molecule has 0 bridgehead atoms. The van der Waals surface area contributed by atoms with E-state index in [1.54, 1.807) is 0 Å². The smallest absolute Gasteiger partial charge is 0.0944 e. The molecule has 1 fully saturated rings. The molecule has 1 N–H and O–H groups in total. The normalized spacial score (nSPS) is 16.6. The van der Waals surface area contributed by atoms with E-state index in [-0.39, 0.29) is 0 Å². The Morgan fingerprint density at radius 2 is 2.05 bits per heavy atom. The Balaban J connectivity index is 1.90. The standard InChI is InChI=1S/C15H27N3S/c1-4-13-14(11-16-12-7-5-6-8-12)19-15(17-13)9-10-18(2)3/h12,16H,4-11H2,1-3H3. The number of aryl methyl sites for hydroxylation is 1. The van der Waals surface area contributed by atoms with Crippen molar-refractivity contribution in [1.29, 1.82) is 0 Å². The fraction of sp³-hybridized carbons (Fsp3) is 0.800. The highest BCUT2D eigenvalue weighted by molar-refractivity contribution is 7.11. The maximum absolute atomic E-state index is 4.80. The van der Waals surface area contributed by atoms with Crippen LogP contribution in [0.1, 0.15) is 48.2 Å².